The van der Waals surface area contributed by atoms with Gasteiger partial charge in [-0.3, -0.25) is 9.78 Å². The van der Waals surface area contributed by atoms with Crippen molar-refractivity contribution in [3.8, 4) is 5.75 Å². The van der Waals surface area contributed by atoms with Crippen molar-refractivity contribution in [1.82, 2.24) is 4.98 Å². The number of hydrogen-bond donors (Lipinski definition) is 0. The lowest BCUT2D eigenvalue weighted by Crippen LogP contribution is -2.03. The molecule has 0 fully saturated rings. The second-order valence-electron chi connectivity index (χ2n) is 3.80. The van der Waals surface area contributed by atoms with Crippen LogP contribution in [0.3, 0.4) is 0 Å². The molecular weight excluding hydrogens is 294 g/mol. The van der Waals surface area contributed by atoms with Crippen molar-refractivity contribution in [3.05, 3.63) is 58.3 Å². The number of benzene rings is 1. The first kappa shape index (κ1) is 12.8. The van der Waals surface area contributed by atoms with Gasteiger partial charge in [-0.05, 0) is 45.8 Å². The Kier molecular flexibility index (Phi) is 4.10. The molecule has 0 saturated heterocycles. The van der Waals surface area contributed by atoms with Crippen molar-refractivity contribution in [2.45, 2.75) is 6.42 Å². The van der Waals surface area contributed by atoms with Crippen LogP contribution in [0, 0.1) is 0 Å². The van der Waals surface area contributed by atoms with E-state index in [9.17, 15) is 4.79 Å². The molecule has 0 aliphatic carbocycles. The Morgan fingerprint density at radius 2 is 2.00 bits per heavy atom. The van der Waals surface area contributed by atoms with Crippen molar-refractivity contribution < 1.29 is 9.53 Å². The molecule has 2 rings (SSSR count). The Labute approximate surface area is 114 Å². The third-order valence-corrected chi connectivity index (χ3v) is 3.20. The first-order valence-corrected chi connectivity index (χ1v) is 6.25. The van der Waals surface area contributed by atoms with Crippen LogP contribution in [0.25, 0.3) is 0 Å². The number of hydrogen-bond acceptors (Lipinski definition) is 3. The summed E-state index contributed by atoms with van der Waals surface area (Å²) in [5.74, 6) is 0.838. The first-order valence-electron chi connectivity index (χ1n) is 5.46. The molecule has 0 N–H and O–H groups in total. The van der Waals surface area contributed by atoms with Gasteiger partial charge in [-0.2, -0.15) is 0 Å². The number of aromatic nitrogens is 1. The topological polar surface area (TPSA) is 39.2 Å². The third-order valence-electron chi connectivity index (χ3n) is 2.58. The van der Waals surface area contributed by atoms with Crippen LogP contribution in [0.4, 0.5) is 0 Å². The van der Waals surface area contributed by atoms with Gasteiger partial charge in [-0.1, -0.05) is 6.07 Å². The number of nitrogens with zero attached hydrogens (tertiary/aromatic N) is 1. The molecule has 0 atom stereocenters. The Balaban J connectivity index is 2.15. The largest absolute Gasteiger partial charge is 0.496 e. The van der Waals surface area contributed by atoms with Crippen LogP contribution in [0.2, 0.25) is 0 Å². The summed E-state index contributed by atoms with van der Waals surface area (Å²) in [5, 5.41) is 0. The maximum Gasteiger partial charge on any atom is 0.167 e. The first-order chi connectivity index (χ1) is 8.70. The molecule has 92 valence electrons. The zero-order chi connectivity index (χ0) is 13.0. The predicted octanol–water partition coefficient (Wildman–Crippen LogP) is 3.28. The van der Waals surface area contributed by atoms with Crippen LogP contribution < -0.4 is 4.74 Å². The van der Waals surface area contributed by atoms with E-state index in [-0.39, 0.29) is 5.78 Å². The summed E-state index contributed by atoms with van der Waals surface area (Å²) in [5.41, 5.74) is 1.63. The van der Waals surface area contributed by atoms with E-state index in [1.807, 2.05) is 18.2 Å². The average Bonchev–Trinajstić information content (AvgIpc) is 2.40. The zero-order valence-electron chi connectivity index (χ0n) is 9.89. The molecule has 0 aliphatic rings. The number of pyridine rings is 1. The normalized spacial score (nSPS) is 10.1. The molecule has 3 nitrogen and oxygen atoms in total. The second-order valence-corrected chi connectivity index (χ2v) is 4.66. The second kappa shape index (κ2) is 5.78. The minimum Gasteiger partial charge on any atom is -0.496 e. The van der Waals surface area contributed by atoms with E-state index in [1.54, 1.807) is 31.6 Å². The molecule has 1 heterocycles. The highest BCUT2D eigenvalue weighted by molar-refractivity contribution is 9.10. The lowest BCUT2D eigenvalue weighted by Gasteiger charge is -2.06. The molecular formula is C14H12BrNO2. The van der Waals surface area contributed by atoms with Crippen molar-refractivity contribution >= 4 is 21.7 Å². The van der Waals surface area contributed by atoms with Crippen molar-refractivity contribution in [2.24, 2.45) is 0 Å². The van der Waals surface area contributed by atoms with E-state index in [0.717, 1.165) is 15.8 Å². The molecule has 1 aromatic heterocycles. The Morgan fingerprint density at radius 3 is 2.61 bits per heavy atom. The Hall–Kier alpha value is -1.68. The molecule has 0 bridgehead atoms. The van der Waals surface area contributed by atoms with Gasteiger partial charge < -0.3 is 4.74 Å². The van der Waals surface area contributed by atoms with E-state index in [1.165, 1.54) is 0 Å². The zero-order valence-corrected chi connectivity index (χ0v) is 11.5. The van der Waals surface area contributed by atoms with Crippen LogP contribution in [0.5, 0.6) is 5.75 Å². The fraction of sp³-hybridized carbons (Fsp3) is 0.143. The number of ether oxygens (including phenoxy) is 1. The van der Waals surface area contributed by atoms with Gasteiger partial charge in [-0.15, -0.1) is 0 Å². The fourth-order valence-corrected chi connectivity index (χ4v) is 2.23. The van der Waals surface area contributed by atoms with E-state index in [0.29, 0.717) is 12.0 Å². The van der Waals surface area contributed by atoms with Crippen molar-refractivity contribution in [3.63, 3.8) is 0 Å². The minimum absolute atomic E-state index is 0.0782. The van der Waals surface area contributed by atoms with Gasteiger partial charge in [0.1, 0.15) is 5.75 Å². The summed E-state index contributed by atoms with van der Waals surface area (Å²) in [6.45, 7) is 0. The molecule has 0 aliphatic heterocycles. The van der Waals surface area contributed by atoms with Crippen LogP contribution in [0.15, 0.2) is 47.2 Å². The molecule has 18 heavy (non-hydrogen) atoms. The van der Waals surface area contributed by atoms with Gasteiger partial charge in [-0.25, -0.2) is 0 Å². The monoisotopic (exact) mass is 305 g/mol. The number of Topliss-reactive ketones (excluding diaryl/α,β-unsaturated/α-hetero) is 1. The van der Waals surface area contributed by atoms with Gasteiger partial charge in [0.25, 0.3) is 0 Å². The fourth-order valence-electron chi connectivity index (χ4n) is 1.65. The number of ketones is 1. The Morgan fingerprint density at radius 1 is 1.28 bits per heavy atom. The molecule has 4 heteroatoms. The lowest BCUT2D eigenvalue weighted by atomic mass is 10.0. The molecule has 0 radical (unpaired) electrons. The number of carbonyl (C=O) groups is 1. The molecule has 0 unspecified atom stereocenters. The number of halogens is 1. The molecule has 2 aromatic rings. The van der Waals surface area contributed by atoms with E-state index in [2.05, 4.69) is 20.9 Å². The predicted molar refractivity (Wildman–Crippen MR) is 73.0 cm³/mol. The molecule has 0 amide bonds. The van der Waals surface area contributed by atoms with Gasteiger partial charge in [0.2, 0.25) is 0 Å². The van der Waals surface area contributed by atoms with Crippen LogP contribution in [0.1, 0.15) is 15.9 Å². The summed E-state index contributed by atoms with van der Waals surface area (Å²) < 4.78 is 6.00. The maximum absolute atomic E-state index is 12.0. The minimum atomic E-state index is 0.0782. The third kappa shape index (κ3) is 2.96. The number of rotatable bonds is 4. The van der Waals surface area contributed by atoms with Crippen LogP contribution in [-0.2, 0) is 6.42 Å². The van der Waals surface area contributed by atoms with E-state index >= 15 is 0 Å². The van der Waals surface area contributed by atoms with Gasteiger partial charge in [0.15, 0.2) is 5.78 Å². The summed E-state index contributed by atoms with van der Waals surface area (Å²) in [6.07, 6.45) is 3.61. The lowest BCUT2D eigenvalue weighted by molar-refractivity contribution is 0.0993. The van der Waals surface area contributed by atoms with Crippen LogP contribution >= 0.6 is 15.9 Å². The summed E-state index contributed by atoms with van der Waals surface area (Å²) in [6, 6.07) is 9.08. The number of carbonyl (C=O) groups excluding carboxylic acids is 1. The summed E-state index contributed by atoms with van der Waals surface area (Å²) in [7, 11) is 1.61. The van der Waals surface area contributed by atoms with Crippen LogP contribution in [-0.4, -0.2) is 17.9 Å². The highest BCUT2D eigenvalue weighted by Crippen LogP contribution is 2.26. The smallest absolute Gasteiger partial charge is 0.167 e. The van der Waals surface area contributed by atoms with Gasteiger partial charge in [0, 0.05) is 24.4 Å². The average molecular weight is 306 g/mol. The summed E-state index contributed by atoms with van der Waals surface area (Å²) in [4.78, 5) is 15.9. The summed E-state index contributed by atoms with van der Waals surface area (Å²) >= 11 is 3.41. The van der Waals surface area contributed by atoms with Crippen molar-refractivity contribution in [2.75, 3.05) is 7.11 Å². The van der Waals surface area contributed by atoms with Crippen molar-refractivity contribution in [1.29, 1.82) is 0 Å². The standard InChI is InChI=1S/C14H12BrNO2/c1-18-14-3-2-10(8-12(14)15)9-13(17)11-4-6-16-7-5-11/h2-8H,9H2,1H3. The van der Waals surface area contributed by atoms with E-state index in [4.69, 9.17) is 4.74 Å². The Bertz CT molecular complexity index is 555. The maximum atomic E-state index is 12.0. The van der Waals surface area contributed by atoms with Gasteiger partial charge >= 0.3 is 0 Å². The highest BCUT2D eigenvalue weighted by atomic mass is 79.9. The quantitative estimate of drug-likeness (QED) is 0.814. The van der Waals surface area contributed by atoms with E-state index < -0.39 is 0 Å². The SMILES string of the molecule is COc1ccc(CC(=O)c2ccncc2)cc1Br. The molecule has 0 saturated carbocycles. The highest BCUT2D eigenvalue weighted by Gasteiger charge is 2.08. The number of methoxy groups -OCH3 is 1. The molecule has 1 aromatic carbocycles. The van der Waals surface area contributed by atoms with Gasteiger partial charge in [0.05, 0.1) is 11.6 Å². The molecule has 0 spiro atoms.